The summed E-state index contributed by atoms with van der Waals surface area (Å²) >= 11 is 5.98. The maximum atomic E-state index is 12.3. The summed E-state index contributed by atoms with van der Waals surface area (Å²) in [7, 11) is 0. The van der Waals surface area contributed by atoms with Crippen molar-refractivity contribution in [3.63, 3.8) is 0 Å². The van der Waals surface area contributed by atoms with Crippen LogP contribution in [0.4, 0.5) is 5.69 Å². The Kier molecular flexibility index (Phi) is 5.01. The van der Waals surface area contributed by atoms with Crippen molar-refractivity contribution in [2.45, 2.75) is 26.8 Å². The highest BCUT2D eigenvalue weighted by Gasteiger charge is 2.18. The molecule has 1 N–H and O–H groups in total. The van der Waals surface area contributed by atoms with Crippen molar-refractivity contribution >= 4 is 23.2 Å². The maximum absolute atomic E-state index is 12.3. The van der Waals surface area contributed by atoms with Gasteiger partial charge in [0.1, 0.15) is 0 Å². The molecule has 2 aromatic rings. The van der Waals surface area contributed by atoms with Gasteiger partial charge in [-0.05, 0) is 38.0 Å². The largest absolute Gasteiger partial charge is 0.345 e. The summed E-state index contributed by atoms with van der Waals surface area (Å²) < 4.78 is 0. The van der Waals surface area contributed by atoms with Crippen LogP contribution < -0.4 is 5.32 Å². The lowest BCUT2D eigenvalue weighted by atomic mass is 10.00. The van der Waals surface area contributed by atoms with E-state index < -0.39 is 4.92 Å². The van der Waals surface area contributed by atoms with Gasteiger partial charge >= 0.3 is 0 Å². The van der Waals surface area contributed by atoms with Gasteiger partial charge in [0.05, 0.1) is 21.6 Å². The smallest absolute Gasteiger partial charge is 0.270 e. The van der Waals surface area contributed by atoms with E-state index >= 15 is 0 Å². The van der Waals surface area contributed by atoms with Gasteiger partial charge in [-0.2, -0.15) is 0 Å². The Morgan fingerprint density at radius 1 is 1.22 bits per heavy atom. The molecule has 0 saturated heterocycles. The van der Waals surface area contributed by atoms with E-state index in [4.69, 9.17) is 11.6 Å². The summed E-state index contributed by atoms with van der Waals surface area (Å²) in [6, 6.07) is 9.63. The standard InChI is InChI=1S/C17H17ClN2O3/c1-10-4-6-14(11(2)8-10)12(3)19-17(21)15-7-5-13(20(22)23)9-16(15)18/h4-9,12H,1-3H3,(H,19,21). The van der Waals surface area contributed by atoms with Crippen molar-refractivity contribution in [3.8, 4) is 0 Å². The third-order valence-electron chi connectivity index (χ3n) is 3.65. The Hall–Kier alpha value is -2.40. The van der Waals surface area contributed by atoms with Crippen molar-refractivity contribution in [2.75, 3.05) is 0 Å². The zero-order valence-corrected chi connectivity index (χ0v) is 13.8. The Morgan fingerprint density at radius 2 is 1.91 bits per heavy atom. The van der Waals surface area contributed by atoms with Crippen LogP contribution in [-0.4, -0.2) is 10.8 Å². The minimum Gasteiger partial charge on any atom is -0.345 e. The number of rotatable bonds is 4. The highest BCUT2D eigenvalue weighted by molar-refractivity contribution is 6.34. The van der Waals surface area contributed by atoms with Gasteiger partial charge in [-0.25, -0.2) is 0 Å². The summed E-state index contributed by atoms with van der Waals surface area (Å²) in [5.74, 6) is -0.364. The van der Waals surface area contributed by atoms with Crippen LogP contribution >= 0.6 is 11.6 Å². The molecule has 0 bridgehead atoms. The fourth-order valence-electron chi connectivity index (χ4n) is 2.47. The quantitative estimate of drug-likeness (QED) is 0.668. The number of amides is 1. The molecule has 1 amide bonds. The molecule has 0 saturated carbocycles. The SMILES string of the molecule is Cc1ccc(C(C)NC(=O)c2ccc([N+](=O)[O-])cc2Cl)c(C)c1. The van der Waals surface area contributed by atoms with Crippen LogP contribution in [0, 0.1) is 24.0 Å². The molecule has 0 aliphatic heterocycles. The Morgan fingerprint density at radius 3 is 2.48 bits per heavy atom. The molecule has 0 heterocycles. The molecule has 6 heteroatoms. The second-order valence-corrected chi connectivity index (χ2v) is 5.88. The van der Waals surface area contributed by atoms with Crippen molar-refractivity contribution in [2.24, 2.45) is 0 Å². The predicted octanol–water partition coefficient (Wildman–Crippen LogP) is 4.36. The van der Waals surface area contributed by atoms with Crippen LogP contribution in [0.2, 0.25) is 5.02 Å². The number of nitro benzene ring substituents is 1. The number of nitrogens with one attached hydrogen (secondary N) is 1. The third-order valence-corrected chi connectivity index (χ3v) is 3.96. The molecular formula is C17H17ClN2O3. The van der Waals surface area contributed by atoms with Crippen LogP contribution in [-0.2, 0) is 0 Å². The normalized spacial score (nSPS) is 11.8. The van der Waals surface area contributed by atoms with E-state index in [0.29, 0.717) is 0 Å². The number of carbonyl (C=O) groups is 1. The van der Waals surface area contributed by atoms with Crippen LogP contribution in [0.5, 0.6) is 0 Å². The van der Waals surface area contributed by atoms with Gasteiger partial charge in [0, 0.05) is 12.1 Å². The summed E-state index contributed by atoms with van der Waals surface area (Å²) in [5.41, 5.74) is 3.33. The van der Waals surface area contributed by atoms with Crippen molar-refractivity contribution in [3.05, 3.63) is 73.8 Å². The molecule has 2 rings (SSSR count). The van der Waals surface area contributed by atoms with E-state index in [1.807, 2.05) is 32.9 Å². The molecule has 0 fully saturated rings. The molecule has 1 atom stereocenters. The minimum absolute atomic E-state index is 0.0597. The lowest BCUT2D eigenvalue weighted by molar-refractivity contribution is -0.384. The zero-order valence-electron chi connectivity index (χ0n) is 13.1. The first-order valence-corrected chi connectivity index (χ1v) is 7.49. The maximum Gasteiger partial charge on any atom is 0.270 e. The zero-order chi connectivity index (χ0) is 17.1. The van der Waals surface area contributed by atoms with Crippen LogP contribution in [0.25, 0.3) is 0 Å². The number of benzene rings is 2. The van der Waals surface area contributed by atoms with E-state index in [2.05, 4.69) is 11.4 Å². The van der Waals surface area contributed by atoms with E-state index in [9.17, 15) is 14.9 Å². The molecule has 0 radical (unpaired) electrons. The van der Waals surface area contributed by atoms with E-state index in [1.165, 1.54) is 18.2 Å². The first-order chi connectivity index (χ1) is 10.8. The number of aryl methyl sites for hydroxylation is 2. The molecule has 1 unspecified atom stereocenters. The lowest BCUT2D eigenvalue weighted by Gasteiger charge is -2.17. The average molecular weight is 333 g/mol. The van der Waals surface area contributed by atoms with Gasteiger partial charge in [0.2, 0.25) is 0 Å². The summed E-state index contributed by atoms with van der Waals surface area (Å²) in [5, 5.41) is 13.6. The number of non-ortho nitro benzene ring substituents is 1. The first kappa shape index (κ1) is 17.0. The minimum atomic E-state index is -0.550. The lowest BCUT2D eigenvalue weighted by Crippen LogP contribution is -2.27. The number of halogens is 1. The molecule has 0 aliphatic carbocycles. The van der Waals surface area contributed by atoms with Crippen LogP contribution in [0.15, 0.2) is 36.4 Å². The summed E-state index contributed by atoms with van der Waals surface area (Å²) in [6.45, 7) is 5.88. The second kappa shape index (κ2) is 6.79. The number of carbonyl (C=O) groups excluding carboxylic acids is 1. The fraction of sp³-hybridized carbons (Fsp3) is 0.235. The molecule has 0 aromatic heterocycles. The summed E-state index contributed by atoms with van der Waals surface area (Å²) in [4.78, 5) is 22.5. The summed E-state index contributed by atoms with van der Waals surface area (Å²) in [6.07, 6.45) is 0. The highest BCUT2D eigenvalue weighted by atomic mass is 35.5. The molecule has 120 valence electrons. The molecule has 5 nitrogen and oxygen atoms in total. The van der Waals surface area contributed by atoms with Gasteiger partial charge in [0.25, 0.3) is 11.6 Å². The second-order valence-electron chi connectivity index (χ2n) is 5.48. The van der Waals surface area contributed by atoms with E-state index in [-0.39, 0.29) is 28.2 Å². The fourth-order valence-corrected chi connectivity index (χ4v) is 2.73. The molecule has 0 aliphatic rings. The van der Waals surface area contributed by atoms with Gasteiger partial charge < -0.3 is 5.32 Å². The van der Waals surface area contributed by atoms with Crippen LogP contribution in [0.3, 0.4) is 0 Å². The average Bonchev–Trinajstić information content (AvgIpc) is 2.46. The van der Waals surface area contributed by atoms with Crippen molar-refractivity contribution in [1.29, 1.82) is 0 Å². The molecule has 23 heavy (non-hydrogen) atoms. The third kappa shape index (κ3) is 3.87. The monoisotopic (exact) mass is 332 g/mol. The van der Waals surface area contributed by atoms with Crippen LogP contribution in [0.1, 0.15) is 40.0 Å². The van der Waals surface area contributed by atoms with Gasteiger partial charge in [-0.1, -0.05) is 35.4 Å². The van der Waals surface area contributed by atoms with E-state index in [0.717, 1.165) is 16.7 Å². The topological polar surface area (TPSA) is 72.2 Å². The van der Waals surface area contributed by atoms with Gasteiger partial charge in [-0.15, -0.1) is 0 Å². The Labute approximate surface area is 139 Å². The number of hydrogen-bond acceptors (Lipinski definition) is 3. The Bertz CT molecular complexity index is 774. The van der Waals surface area contributed by atoms with Gasteiger partial charge in [0.15, 0.2) is 0 Å². The first-order valence-electron chi connectivity index (χ1n) is 7.11. The predicted molar refractivity (Wildman–Crippen MR) is 89.9 cm³/mol. The molecule has 2 aromatic carbocycles. The van der Waals surface area contributed by atoms with E-state index in [1.54, 1.807) is 0 Å². The molecular weight excluding hydrogens is 316 g/mol. The number of hydrogen-bond donors (Lipinski definition) is 1. The van der Waals surface area contributed by atoms with Gasteiger partial charge in [-0.3, -0.25) is 14.9 Å². The Balaban J connectivity index is 2.20. The van der Waals surface area contributed by atoms with Crippen molar-refractivity contribution < 1.29 is 9.72 Å². The number of nitro groups is 1. The number of nitrogens with zero attached hydrogens (tertiary/aromatic N) is 1. The molecule has 0 spiro atoms. The highest BCUT2D eigenvalue weighted by Crippen LogP contribution is 2.24. The van der Waals surface area contributed by atoms with Crippen molar-refractivity contribution in [1.82, 2.24) is 5.32 Å².